The largest absolute Gasteiger partial charge is 0.465 e. The van der Waals surface area contributed by atoms with Crippen LogP contribution in [0.25, 0.3) is 0 Å². The first kappa shape index (κ1) is 16.4. The number of nitrogens with zero attached hydrogens (tertiary/aromatic N) is 3. The molecule has 0 radical (unpaired) electrons. The van der Waals surface area contributed by atoms with Crippen LogP contribution in [0.1, 0.15) is 20.8 Å². The zero-order valence-corrected chi connectivity index (χ0v) is 13.0. The summed E-state index contributed by atoms with van der Waals surface area (Å²) < 4.78 is 25.6. The summed E-state index contributed by atoms with van der Waals surface area (Å²) in [6, 6.07) is 1.30. The molecule has 0 aromatic carbocycles. The van der Waals surface area contributed by atoms with Gasteiger partial charge in [0.1, 0.15) is 4.90 Å². The number of aromatic nitrogens is 1. The van der Waals surface area contributed by atoms with Gasteiger partial charge in [0, 0.05) is 25.8 Å². The van der Waals surface area contributed by atoms with Crippen molar-refractivity contribution in [2.45, 2.75) is 31.2 Å². The third-order valence-electron chi connectivity index (χ3n) is 2.62. The summed E-state index contributed by atoms with van der Waals surface area (Å²) in [7, 11) is -0.977. The van der Waals surface area contributed by atoms with Crippen LogP contribution in [0.3, 0.4) is 0 Å². The summed E-state index contributed by atoms with van der Waals surface area (Å²) in [6.07, 6.45) is 1.33. The molecule has 1 aromatic rings. The molecule has 0 saturated heterocycles. The van der Waals surface area contributed by atoms with Crippen LogP contribution in [-0.4, -0.2) is 48.5 Å². The van der Waals surface area contributed by atoms with E-state index in [9.17, 15) is 18.3 Å². The summed E-state index contributed by atoms with van der Waals surface area (Å²) in [4.78, 5) is 16.2. The molecule has 0 bridgehead atoms. The van der Waals surface area contributed by atoms with Gasteiger partial charge in [0.15, 0.2) is 0 Å². The SMILES string of the molecule is CN(C)S(=O)(=O)c1ccncc1N(C(=O)O)C(C)(C)C. The van der Waals surface area contributed by atoms with Gasteiger partial charge in [0.2, 0.25) is 10.0 Å². The first-order valence-electron chi connectivity index (χ1n) is 5.89. The van der Waals surface area contributed by atoms with E-state index in [0.717, 1.165) is 9.21 Å². The third kappa shape index (κ3) is 3.07. The van der Waals surface area contributed by atoms with Gasteiger partial charge in [-0.3, -0.25) is 9.88 Å². The second-order valence-corrected chi connectivity index (χ2v) is 7.54. The first-order valence-corrected chi connectivity index (χ1v) is 7.33. The van der Waals surface area contributed by atoms with E-state index in [1.165, 1.54) is 32.6 Å². The van der Waals surface area contributed by atoms with E-state index >= 15 is 0 Å². The molecule has 0 aliphatic rings. The summed E-state index contributed by atoms with van der Waals surface area (Å²) in [6.45, 7) is 5.04. The van der Waals surface area contributed by atoms with E-state index in [0.29, 0.717) is 0 Å². The smallest absolute Gasteiger partial charge is 0.412 e. The fourth-order valence-electron chi connectivity index (χ4n) is 1.71. The molecular formula is C12H19N3O4S. The molecule has 0 spiro atoms. The van der Waals surface area contributed by atoms with Gasteiger partial charge in [-0.15, -0.1) is 0 Å². The average Bonchev–Trinajstić information content (AvgIpc) is 2.26. The van der Waals surface area contributed by atoms with Crippen LogP contribution in [0.4, 0.5) is 10.5 Å². The molecule has 1 N–H and O–H groups in total. The number of pyridine rings is 1. The number of hydrogen-bond acceptors (Lipinski definition) is 4. The van der Waals surface area contributed by atoms with Crippen LogP contribution in [-0.2, 0) is 10.0 Å². The van der Waals surface area contributed by atoms with Gasteiger partial charge in [-0.1, -0.05) is 0 Å². The van der Waals surface area contributed by atoms with Gasteiger partial charge in [0.25, 0.3) is 0 Å². The molecule has 0 fully saturated rings. The Morgan fingerprint density at radius 3 is 2.25 bits per heavy atom. The van der Waals surface area contributed by atoms with Crippen molar-refractivity contribution in [3.63, 3.8) is 0 Å². The molecule has 1 amide bonds. The van der Waals surface area contributed by atoms with Crippen LogP contribution in [0.15, 0.2) is 23.4 Å². The molecule has 1 heterocycles. The molecule has 0 saturated carbocycles. The van der Waals surface area contributed by atoms with Crippen molar-refractivity contribution in [1.29, 1.82) is 0 Å². The summed E-state index contributed by atoms with van der Waals surface area (Å²) >= 11 is 0. The minimum absolute atomic E-state index is 0.0428. The van der Waals surface area contributed by atoms with Crippen LogP contribution in [0.2, 0.25) is 0 Å². The van der Waals surface area contributed by atoms with Gasteiger partial charge in [-0.2, -0.15) is 0 Å². The lowest BCUT2D eigenvalue weighted by Crippen LogP contribution is -2.46. The lowest BCUT2D eigenvalue weighted by atomic mass is 10.1. The number of carboxylic acid groups (broad SMARTS) is 1. The van der Waals surface area contributed by atoms with Crippen molar-refractivity contribution in [3.8, 4) is 0 Å². The van der Waals surface area contributed by atoms with E-state index < -0.39 is 21.7 Å². The number of rotatable bonds is 3. The van der Waals surface area contributed by atoms with Gasteiger partial charge in [-0.05, 0) is 26.8 Å². The van der Waals surface area contributed by atoms with Crippen molar-refractivity contribution in [1.82, 2.24) is 9.29 Å². The maximum Gasteiger partial charge on any atom is 0.412 e. The molecule has 8 heteroatoms. The van der Waals surface area contributed by atoms with Crippen LogP contribution < -0.4 is 4.90 Å². The molecule has 1 aromatic heterocycles. The Bertz CT molecular complexity index is 605. The number of amides is 1. The van der Waals surface area contributed by atoms with Gasteiger partial charge in [0.05, 0.1) is 11.9 Å². The molecule has 0 atom stereocenters. The Hall–Kier alpha value is -1.67. The van der Waals surface area contributed by atoms with E-state index in [1.807, 2.05) is 0 Å². The molecule has 7 nitrogen and oxygen atoms in total. The Labute approximate surface area is 118 Å². The van der Waals surface area contributed by atoms with Crippen LogP contribution in [0.5, 0.6) is 0 Å². The van der Waals surface area contributed by atoms with Crippen molar-refractivity contribution >= 4 is 21.8 Å². The van der Waals surface area contributed by atoms with Crippen molar-refractivity contribution < 1.29 is 18.3 Å². The Kier molecular flexibility index (Phi) is 4.40. The molecule has 112 valence electrons. The van der Waals surface area contributed by atoms with Crippen LogP contribution >= 0.6 is 0 Å². The van der Waals surface area contributed by atoms with E-state index in [1.54, 1.807) is 20.8 Å². The van der Waals surface area contributed by atoms with Crippen molar-refractivity contribution in [2.24, 2.45) is 0 Å². The monoisotopic (exact) mass is 301 g/mol. The highest BCUT2D eigenvalue weighted by atomic mass is 32.2. The Morgan fingerprint density at radius 2 is 1.85 bits per heavy atom. The molecule has 0 aliphatic carbocycles. The van der Waals surface area contributed by atoms with Crippen molar-refractivity contribution in [3.05, 3.63) is 18.5 Å². The maximum absolute atomic E-state index is 12.3. The normalized spacial score (nSPS) is 12.5. The zero-order chi connectivity index (χ0) is 15.7. The minimum Gasteiger partial charge on any atom is -0.465 e. The molecule has 0 unspecified atom stereocenters. The van der Waals surface area contributed by atoms with E-state index in [-0.39, 0.29) is 10.6 Å². The number of carbonyl (C=O) groups is 1. The topological polar surface area (TPSA) is 90.8 Å². The number of sulfonamides is 1. The van der Waals surface area contributed by atoms with E-state index in [4.69, 9.17) is 0 Å². The number of anilines is 1. The van der Waals surface area contributed by atoms with Crippen molar-refractivity contribution in [2.75, 3.05) is 19.0 Å². The quantitative estimate of drug-likeness (QED) is 0.916. The second kappa shape index (κ2) is 5.37. The van der Waals surface area contributed by atoms with Gasteiger partial charge >= 0.3 is 6.09 Å². The fourth-order valence-corrected chi connectivity index (χ4v) is 2.74. The predicted octanol–water partition coefficient (Wildman–Crippen LogP) is 1.61. The second-order valence-electron chi connectivity index (χ2n) is 5.42. The highest BCUT2D eigenvalue weighted by Crippen LogP contribution is 2.30. The van der Waals surface area contributed by atoms with Gasteiger partial charge < -0.3 is 5.11 Å². The Morgan fingerprint density at radius 1 is 1.30 bits per heavy atom. The average molecular weight is 301 g/mol. The lowest BCUT2D eigenvalue weighted by Gasteiger charge is -2.34. The lowest BCUT2D eigenvalue weighted by molar-refractivity contribution is 0.195. The molecule has 0 aliphatic heterocycles. The van der Waals surface area contributed by atoms with Gasteiger partial charge in [-0.25, -0.2) is 17.5 Å². The minimum atomic E-state index is -3.76. The number of hydrogen-bond donors (Lipinski definition) is 1. The summed E-state index contributed by atoms with van der Waals surface area (Å²) in [5, 5.41) is 9.38. The zero-order valence-electron chi connectivity index (χ0n) is 12.2. The predicted molar refractivity (Wildman–Crippen MR) is 75.4 cm³/mol. The first-order chi connectivity index (χ1) is 8.99. The Balaban J connectivity index is 3.59. The van der Waals surface area contributed by atoms with Crippen LogP contribution in [0, 0.1) is 0 Å². The molecular weight excluding hydrogens is 282 g/mol. The summed E-state index contributed by atoms with van der Waals surface area (Å²) in [5.74, 6) is 0. The third-order valence-corrected chi connectivity index (χ3v) is 4.49. The summed E-state index contributed by atoms with van der Waals surface area (Å²) in [5.41, 5.74) is -0.757. The molecule has 20 heavy (non-hydrogen) atoms. The van der Waals surface area contributed by atoms with E-state index in [2.05, 4.69) is 4.98 Å². The highest BCUT2D eigenvalue weighted by Gasteiger charge is 2.33. The standard InChI is InChI=1S/C12H19N3O4S/c1-12(2,3)15(11(16)17)9-8-13-7-6-10(9)20(18,19)14(4)5/h6-8H,1-5H3,(H,16,17). The fraction of sp³-hybridized carbons (Fsp3) is 0.500. The maximum atomic E-state index is 12.3. The highest BCUT2D eigenvalue weighted by molar-refractivity contribution is 7.89. The molecule has 1 rings (SSSR count).